The molecule has 0 saturated heterocycles. The second kappa shape index (κ2) is 4.29. The number of halogens is 3. The van der Waals surface area contributed by atoms with Gasteiger partial charge in [0.2, 0.25) is 0 Å². The summed E-state index contributed by atoms with van der Waals surface area (Å²) >= 11 is 0. The fourth-order valence-electron chi connectivity index (χ4n) is 1.44. The molecule has 0 aliphatic rings. The first-order valence-corrected chi connectivity index (χ1v) is 5.13. The monoisotopic (exact) mass is 253 g/mol. The standard InChI is InChI=1S/C12H10F3N3/c1-7-10(16)4-9(6-17-7)8-2-3-11(18-5-8)12(13,14)15/h2-6H,16H2,1H3. The van der Waals surface area contributed by atoms with Gasteiger partial charge >= 0.3 is 6.18 Å². The lowest BCUT2D eigenvalue weighted by molar-refractivity contribution is -0.141. The van der Waals surface area contributed by atoms with E-state index in [1.165, 1.54) is 6.07 Å². The topological polar surface area (TPSA) is 51.8 Å². The number of anilines is 1. The number of rotatable bonds is 1. The van der Waals surface area contributed by atoms with Crippen LogP contribution in [0.3, 0.4) is 0 Å². The van der Waals surface area contributed by atoms with E-state index < -0.39 is 11.9 Å². The zero-order chi connectivity index (χ0) is 13.3. The highest BCUT2D eigenvalue weighted by molar-refractivity contribution is 5.66. The first-order valence-electron chi connectivity index (χ1n) is 5.13. The maximum atomic E-state index is 12.3. The molecular formula is C12H10F3N3. The number of aryl methyl sites for hydroxylation is 1. The second-order valence-corrected chi connectivity index (χ2v) is 3.83. The van der Waals surface area contributed by atoms with Crippen molar-refractivity contribution >= 4 is 5.69 Å². The van der Waals surface area contributed by atoms with Crippen molar-refractivity contribution in [1.29, 1.82) is 0 Å². The van der Waals surface area contributed by atoms with Gasteiger partial charge in [-0.25, -0.2) is 0 Å². The van der Waals surface area contributed by atoms with Gasteiger partial charge in [0.05, 0.1) is 11.4 Å². The summed E-state index contributed by atoms with van der Waals surface area (Å²) in [5.74, 6) is 0. The zero-order valence-corrected chi connectivity index (χ0v) is 9.49. The second-order valence-electron chi connectivity index (χ2n) is 3.83. The van der Waals surface area contributed by atoms with Gasteiger partial charge in [-0.05, 0) is 19.1 Å². The van der Waals surface area contributed by atoms with Crippen molar-refractivity contribution in [2.24, 2.45) is 0 Å². The van der Waals surface area contributed by atoms with Crippen LogP contribution in [0.4, 0.5) is 18.9 Å². The number of pyridine rings is 2. The molecule has 2 N–H and O–H groups in total. The minimum atomic E-state index is -4.43. The molecule has 0 amide bonds. The highest BCUT2D eigenvalue weighted by Crippen LogP contribution is 2.29. The molecule has 2 aromatic heterocycles. The van der Waals surface area contributed by atoms with Crippen LogP contribution in [0, 0.1) is 6.92 Å². The average molecular weight is 253 g/mol. The predicted molar refractivity (Wildman–Crippen MR) is 61.6 cm³/mol. The summed E-state index contributed by atoms with van der Waals surface area (Å²) in [6.45, 7) is 1.75. The predicted octanol–water partition coefficient (Wildman–Crippen LogP) is 3.05. The van der Waals surface area contributed by atoms with E-state index in [4.69, 9.17) is 5.73 Å². The molecule has 94 valence electrons. The van der Waals surface area contributed by atoms with Crippen LogP contribution in [-0.4, -0.2) is 9.97 Å². The van der Waals surface area contributed by atoms with Crippen LogP contribution in [0.15, 0.2) is 30.6 Å². The van der Waals surface area contributed by atoms with Crippen molar-refractivity contribution in [3.05, 3.63) is 42.0 Å². The molecule has 6 heteroatoms. The van der Waals surface area contributed by atoms with Gasteiger partial charge in [-0.1, -0.05) is 6.07 Å². The van der Waals surface area contributed by atoms with E-state index in [0.29, 0.717) is 22.5 Å². The Kier molecular flexibility index (Phi) is 2.94. The van der Waals surface area contributed by atoms with Gasteiger partial charge in [0.1, 0.15) is 5.69 Å². The Morgan fingerprint density at radius 2 is 1.72 bits per heavy atom. The summed E-state index contributed by atoms with van der Waals surface area (Å²) in [4.78, 5) is 7.44. The van der Waals surface area contributed by atoms with Crippen LogP contribution in [0.25, 0.3) is 11.1 Å². The average Bonchev–Trinajstić information content (AvgIpc) is 2.32. The van der Waals surface area contributed by atoms with Crippen LogP contribution in [-0.2, 0) is 6.18 Å². The summed E-state index contributed by atoms with van der Waals surface area (Å²) in [6, 6.07) is 3.94. The Morgan fingerprint density at radius 1 is 1.06 bits per heavy atom. The smallest absolute Gasteiger partial charge is 0.397 e. The van der Waals surface area contributed by atoms with E-state index in [1.54, 1.807) is 19.2 Å². The summed E-state index contributed by atoms with van der Waals surface area (Å²) < 4.78 is 37.0. The summed E-state index contributed by atoms with van der Waals surface area (Å²) in [5, 5.41) is 0. The maximum absolute atomic E-state index is 12.3. The lowest BCUT2D eigenvalue weighted by Gasteiger charge is -2.07. The van der Waals surface area contributed by atoms with E-state index in [1.807, 2.05) is 0 Å². The number of nitrogens with two attached hydrogens (primary N) is 1. The third-order valence-corrected chi connectivity index (χ3v) is 2.51. The first kappa shape index (κ1) is 12.3. The molecule has 0 fully saturated rings. The number of nitrogen functional groups attached to an aromatic ring is 1. The summed E-state index contributed by atoms with van der Waals surface area (Å²) in [5.41, 5.74) is 7.13. The number of nitrogens with zero attached hydrogens (tertiary/aromatic N) is 2. The highest BCUT2D eigenvalue weighted by Gasteiger charge is 2.32. The third-order valence-electron chi connectivity index (χ3n) is 2.51. The van der Waals surface area contributed by atoms with Crippen molar-refractivity contribution in [2.45, 2.75) is 13.1 Å². The number of hydrogen-bond donors (Lipinski definition) is 1. The summed E-state index contributed by atoms with van der Waals surface area (Å²) in [6.07, 6.45) is -1.71. The molecule has 0 aromatic carbocycles. The first-order chi connectivity index (χ1) is 8.38. The lowest BCUT2D eigenvalue weighted by Crippen LogP contribution is -2.07. The lowest BCUT2D eigenvalue weighted by atomic mass is 10.1. The minimum Gasteiger partial charge on any atom is -0.397 e. The van der Waals surface area contributed by atoms with Crippen LogP contribution >= 0.6 is 0 Å². The van der Waals surface area contributed by atoms with Crippen LogP contribution < -0.4 is 5.73 Å². The number of hydrogen-bond acceptors (Lipinski definition) is 3. The SMILES string of the molecule is Cc1ncc(-c2ccc(C(F)(F)F)nc2)cc1N. The highest BCUT2D eigenvalue weighted by atomic mass is 19.4. The largest absolute Gasteiger partial charge is 0.433 e. The molecule has 0 bridgehead atoms. The van der Waals surface area contributed by atoms with Gasteiger partial charge < -0.3 is 5.73 Å². The quantitative estimate of drug-likeness (QED) is 0.849. The summed E-state index contributed by atoms with van der Waals surface area (Å²) in [7, 11) is 0. The maximum Gasteiger partial charge on any atom is 0.433 e. The molecule has 0 saturated carbocycles. The van der Waals surface area contributed by atoms with Crippen molar-refractivity contribution in [2.75, 3.05) is 5.73 Å². The molecule has 0 aliphatic heterocycles. The Hall–Kier alpha value is -2.11. The molecule has 0 atom stereocenters. The molecule has 3 nitrogen and oxygen atoms in total. The van der Waals surface area contributed by atoms with E-state index in [-0.39, 0.29) is 0 Å². The number of aromatic nitrogens is 2. The van der Waals surface area contributed by atoms with E-state index in [2.05, 4.69) is 9.97 Å². The van der Waals surface area contributed by atoms with E-state index in [0.717, 1.165) is 12.3 Å². The van der Waals surface area contributed by atoms with Gasteiger partial charge in [0.25, 0.3) is 0 Å². The van der Waals surface area contributed by atoms with Crippen LogP contribution in [0.1, 0.15) is 11.4 Å². The molecule has 2 aromatic rings. The molecule has 2 rings (SSSR count). The Balaban J connectivity index is 2.37. The Bertz CT molecular complexity index is 562. The fourth-order valence-corrected chi connectivity index (χ4v) is 1.44. The van der Waals surface area contributed by atoms with Crippen molar-refractivity contribution < 1.29 is 13.2 Å². The van der Waals surface area contributed by atoms with Gasteiger partial charge in [0.15, 0.2) is 0 Å². The van der Waals surface area contributed by atoms with Gasteiger partial charge in [-0.2, -0.15) is 13.2 Å². The fraction of sp³-hybridized carbons (Fsp3) is 0.167. The van der Waals surface area contributed by atoms with Crippen LogP contribution in [0.2, 0.25) is 0 Å². The molecule has 0 unspecified atom stereocenters. The van der Waals surface area contributed by atoms with Gasteiger partial charge in [0, 0.05) is 23.5 Å². The Labute approximate surface area is 101 Å². The minimum absolute atomic E-state index is 0.493. The van der Waals surface area contributed by atoms with Crippen molar-refractivity contribution in [3.63, 3.8) is 0 Å². The molecule has 18 heavy (non-hydrogen) atoms. The van der Waals surface area contributed by atoms with E-state index in [9.17, 15) is 13.2 Å². The number of alkyl halides is 3. The van der Waals surface area contributed by atoms with Crippen molar-refractivity contribution in [1.82, 2.24) is 9.97 Å². The van der Waals surface area contributed by atoms with E-state index >= 15 is 0 Å². The normalized spacial score (nSPS) is 11.6. The molecule has 0 spiro atoms. The van der Waals surface area contributed by atoms with Crippen molar-refractivity contribution in [3.8, 4) is 11.1 Å². The zero-order valence-electron chi connectivity index (χ0n) is 9.49. The molecular weight excluding hydrogens is 243 g/mol. The van der Waals surface area contributed by atoms with Gasteiger partial charge in [-0.3, -0.25) is 9.97 Å². The third kappa shape index (κ3) is 2.42. The molecule has 0 aliphatic carbocycles. The van der Waals surface area contributed by atoms with Crippen LogP contribution in [0.5, 0.6) is 0 Å². The molecule has 0 radical (unpaired) electrons. The Morgan fingerprint density at radius 3 is 2.22 bits per heavy atom. The van der Waals surface area contributed by atoms with Gasteiger partial charge in [-0.15, -0.1) is 0 Å². The molecule has 2 heterocycles.